The molecular formula is C28H33N3O3. The van der Waals surface area contributed by atoms with Gasteiger partial charge in [-0.1, -0.05) is 48.0 Å². The van der Waals surface area contributed by atoms with Crippen LogP contribution in [0, 0.1) is 6.92 Å². The van der Waals surface area contributed by atoms with Crippen LogP contribution in [-0.4, -0.2) is 36.5 Å². The van der Waals surface area contributed by atoms with Gasteiger partial charge in [0, 0.05) is 12.1 Å². The third kappa shape index (κ3) is 7.10. The molecule has 0 spiro atoms. The summed E-state index contributed by atoms with van der Waals surface area (Å²) in [5.74, 6) is 0.318. The summed E-state index contributed by atoms with van der Waals surface area (Å²) in [5, 5.41) is 4.52. The molecule has 3 aromatic carbocycles. The first kappa shape index (κ1) is 24.8. The third-order valence-electron chi connectivity index (χ3n) is 5.62. The van der Waals surface area contributed by atoms with E-state index >= 15 is 0 Å². The molecule has 0 fully saturated rings. The number of hydrazine groups is 1. The van der Waals surface area contributed by atoms with E-state index < -0.39 is 6.04 Å². The molecule has 6 heteroatoms. The van der Waals surface area contributed by atoms with Crippen molar-refractivity contribution in [1.29, 1.82) is 0 Å². The van der Waals surface area contributed by atoms with Crippen molar-refractivity contribution < 1.29 is 14.3 Å². The quantitative estimate of drug-likeness (QED) is 0.396. The van der Waals surface area contributed by atoms with Crippen molar-refractivity contribution in [2.24, 2.45) is 0 Å². The van der Waals surface area contributed by atoms with E-state index in [2.05, 4.69) is 22.9 Å². The maximum atomic E-state index is 13.5. The summed E-state index contributed by atoms with van der Waals surface area (Å²) in [7, 11) is 1.61. The smallest absolute Gasteiger partial charge is 0.263 e. The maximum Gasteiger partial charge on any atom is 0.263 e. The average molecular weight is 460 g/mol. The van der Waals surface area contributed by atoms with E-state index in [-0.39, 0.29) is 11.8 Å². The molecule has 0 aromatic heterocycles. The second-order valence-electron chi connectivity index (χ2n) is 8.20. The Balaban J connectivity index is 1.73. The van der Waals surface area contributed by atoms with Gasteiger partial charge in [-0.05, 0) is 75.1 Å². The van der Waals surface area contributed by atoms with Crippen LogP contribution in [0.15, 0.2) is 78.9 Å². The highest BCUT2D eigenvalue weighted by molar-refractivity contribution is 5.97. The van der Waals surface area contributed by atoms with Crippen LogP contribution in [0.25, 0.3) is 0 Å². The molecule has 0 aliphatic carbocycles. The molecule has 0 heterocycles. The lowest BCUT2D eigenvalue weighted by molar-refractivity contribution is -0.131. The van der Waals surface area contributed by atoms with Crippen molar-refractivity contribution >= 4 is 17.5 Å². The Morgan fingerprint density at radius 3 is 2.35 bits per heavy atom. The van der Waals surface area contributed by atoms with Gasteiger partial charge in [-0.15, -0.1) is 0 Å². The Morgan fingerprint density at radius 2 is 1.71 bits per heavy atom. The first-order valence-electron chi connectivity index (χ1n) is 11.6. The number of hydrogen-bond acceptors (Lipinski definition) is 4. The number of benzene rings is 3. The van der Waals surface area contributed by atoms with E-state index in [9.17, 15) is 9.59 Å². The number of rotatable bonds is 11. The number of ether oxygens (including phenoxy) is 1. The maximum absolute atomic E-state index is 13.5. The Kier molecular flexibility index (Phi) is 9.09. The molecule has 0 bridgehead atoms. The summed E-state index contributed by atoms with van der Waals surface area (Å²) in [6.45, 7) is 4.29. The molecule has 0 aliphatic heterocycles. The molecule has 178 valence electrons. The summed E-state index contributed by atoms with van der Waals surface area (Å²) in [5.41, 5.74) is 6.69. The highest BCUT2D eigenvalue weighted by Gasteiger charge is 2.26. The van der Waals surface area contributed by atoms with Gasteiger partial charge < -0.3 is 10.1 Å². The summed E-state index contributed by atoms with van der Waals surface area (Å²) < 4.78 is 5.21. The molecule has 0 saturated heterocycles. The summed E-state index contributed by atoms with van der Waals surface area (Å²) in [6.07, 6.45) is 2.14. The number of carbonyl (C=O) groups is 2. The van der Waals surface area contributed by atoms with Crippen LogP contribution in [0.1, 0.15) is 41.3 Å². The van der Waals surface area contributed by atoms with E-state index in [1.165, 1.54) is 5.56 Å². The number of nitrogens with zero attached hydrogens (tertiary/aromatic N) is 1. The Hall–Kier alpha value is -3.80. The lowest BCUT2D eigenvalue weighted by Gasteiger charge is -2.28. The van der Waals surface area contributed by atoms with Gasteiger partial charge in [0.25, 0.3) is 11.8 Å². The molecule has 3 rings (SSSR count). The standard InChI is InChI=1S/C28H33N3O3/c1-4-31(30-24-16-18-25(34-3)19-17-24)28(33)26(15-9-13-22-11-6-5-7-12-22)29-27(32)23-14-8-10-21(2)20-23/h5-8,10-12,14,16-20,26,30H,4,9,13,15H2,1-3H3,(H,29,32). The minimum atomic E-state index is -0.651. The minimum absolute atomic E-state index is 0.174. The van der Waals surface area contributed by atoms with Gasteiger partial charge in [-0.2, -0.15) is 0 Å². The predicted octanol–water partition coefficient (Wildman–Crippen LogP) is 5.00. The third-order valence-corrected chi connectivity index (χ3v) is 5.62. The van der Waals surface area contributed by atoms with Gasteiger partial charge in [0.2, 0.25) is 0 Å². The summed E-state index contributed by atoms with van der Waals surface area (Å²) >= 11 is 0. The van der Waals surface area contributed by atoms with Crippen LogP contribution in [0.4, 0.5) is 5.69 Å². The molecule has 0 radical (unpaired) electrons. The zero-order valence-electron chi connectivity index (χ0n) is 20.1. The fraction of sp³-hybridized carbons (Fsp3) is 0.286. The summed E-state index contributed by atoms with van der Waals surface area (Å²) in [6, 6.07) is 24.3. The van der Waals surface area contributed by atoms with E-state index in [0.717, 1.165) is 29.8 Å². The number of carbonyl (C=O) groups excluding carboxylic acids is 2. The molecule has 2 amide bonds. The monoisotopic (exact) mass is 459 g/mol. The first-order valence-corrected chi connectivity index (χ1v) is 11.6. The minimum Gasteiger partial charge on any atom is -0.497 e. The van der Waals surface area contributed by atoms with E-state index in [1.54, 1.807) is 18.2 Å². The number of amides is 2. The highest BCUT2D eigenvalue weighted by atomic mass is 16.5. The first-order chi connectivity index (χ1) is 16.5. The van der Waals surface area contributed by atoms with E-state index in [4.69, 9.17) is 4.74 Å². The van der Waals surface area contributed by atoms with Gasteiger partial charge in [-0.3, -0.25) is 20.0 Å². The fourth-order valence-corrected chi connectivity index (χ4v) is 3.74. The van der Waals surface area contributed by atoms with Crippen molar-refractivity contribution in [2.75, 3.05) is 19.1 Å². The lowest BCUT2D eigenvalue weighted by atomic mass is 10.0. The molecule has 1 atom stereocenters. The van der Waals surface area contributed by atoms with Crippen LogP contribution in [0.2, 0.25) is 0 Å². The Labute approximate surface area is 201 Å². The van der Waals surface area contributed by atoms with Gasteiger partial charge in [0.1, 0.15) is 11.8 Å². The van der Waals surface area contributed by atoms with E-state index in [0.29, 0.717) is 18.5 Å². The predicted molar refractivity (Wildman–Crippen MR) is 136 cm³/mol. The van der Waals surface area contributed by atoms with Gasteiger partial charge in [0.15, 0.2) is 0 Å². The second kappa shape index (κ2) is 12.4. The molecule has 3 aromatic rings. The van der Waals surface area contributed by atoms with Crippen LogP contribution >= 0.6 is 0 Å². The van der Waals surface area contributed by atoms with Crippen LogP contribution in [0.3, 0.4) is 0 Å². The Bertz CT molecular complexity index is 1070. The van der Waals surface area contributed by atoms with Gasteiger partial charge in [0.05, 0.1) is 12.8 Å². The normalized spacial score (nSPS) is 11.4. The highest BCUT2D eigenvalue weighted by Crippen LogP contribution is 2.17. The summed E-state index contributed by atoms with van der Waals surface area (Å²) in [4.78, 5) is 26.5. The fourth-order valence-electron chi connectivity index (χ4n) is 3.74. The molecule has 0 aliphatic rings. The molecule has 34 heavy (non-hydrogen) atoms. The van der Waals surface area contributed by atoms with Gasteiger partial charge >= 0.3 is 0 Å². The van der Waals surface area contributed by atoms with Crippen molar-refractivity contribution in [3.05, 3.63) is 95.6 Å². The average Bonchev–Trinajstić information content (AvgIpc) is 2.87. The van der Waals surface area contributed by atoms with Crippen molar-refractivity contribution in [3.8, 4) is 5.75 Å². The Morgan fingerprint density at radius 1 is 0.971 bits per heavy atom. The van der Waals surface area contributed by atoms with Crippen molar-refractivity contribution in [2.45, 2.75) is 39.2 Å². The molecule has 2 N–H and O–H groups in total. The molecular weight excluding hydrogens is 426 g/mol. The number of hydrogen-bond donors (Lipinski definition) is 2. The van der Waals surface area contributed by atoms with Crippen molar-refractivity contribution in [1.82, 2.24) is 10.3 Å². The lowest BCUT2D eigenvalue weighted by Crippen LogP contribution is -2.50. The van der Waals surface area contributed by atoms with Crippen LogP contribution < -0.4 is 15.5 Å². The van der Waals surface area contributed by atoms with E-state index in [1.807, 2.05) is 74.5 Å². The molecule has 6 nitrogen and oxygen atoms in total. The van der Waals surface area contributed by atoms with Gasteiger partial charge in [-0.25, -0.2) is 0 Å². The topological polar surface area (TPSA) is 70.7 Å². The SMILES string of the molecule is CCN(Nc1ccc(OC)cc1)C(=O)C(CCCc1ccccc1)NC(=O)c1cccc(C)c1. The number of aryl methyl sites for hydroxylation is 2. The zero-order chi connectivity index (χ0) is 24.3. The molecule has 1 unspecified atom stereocenters. The molecule has 0 saturated carbocycles. The number of nitrogens with one attached hydrogen (secondary N) is 2. The number of methoxy groups -OCH3 is 1. The number of anilines is 1. The largest absolute Gasteiger partial charge is 0.497 e. The number of likely N-dealkylation sites (N-methyl/N-ethyl adjacent to an activating group) is 1. The van der Waals surface area contributed by atoms with Crippen molar-refractivity contribution in [3.63, 3.8) is 0 Å². The van der Waals surface area contributed by atoms with Crippen LogP contribution in [-0.2, 0) is 11.2 Å². The van der Waals surface area contributed by atoms with Crippen LogP contribution in [0.5, 0.6) is 5.75 Å². The zero-order valence-corrected chi connectivity index (χ0v) is 20.1. The second-order valence-corrected chi connectivity index (χ2v) is 8.20.